The van der Waals surface area contributed by atoms with E-state index in [-0.39, 0.29) is 5.91 Å². The van der Waals surface area contributed by atoms with Crippen molar-refractivity contribution < 1.29 is 4.79 Å². The number of H-pyrrole nitrogens is 1. The van der Waals surface area contributed by atoms with Gasteiger partial charge in [-0.1, -0.05) is 0 Å². The van der Waals surface area contributed by atoms with E-state index in [4.69, 9.17) is 5.26 Å². The summed E-state index contributed by atoms with van der Waals surface area (Å²) in [5.41, 5.74) is 3.92. The zero-order valence-corrected chi connectivity index (χ0v) is 10.5. The molecule has 0 unspecified atom stereocenters. The molecule has 18 heavy (non-hydrogen) atoms. The van der Waals surface area contributed by atoms with Crippen LogP contribution < -0.4 is 5.32 Å². The van der Waals surface area contributed by atoms with Crippen molar-refractivity contribution in [2.24, 2.45) is 0 Å². The third kappa shape index (κ3) is 2.35. The van der Waals surface area contributed by atoms with E-state index in [0.29, 0.717) is 12.1 Å². The minimum absolute atomic E-state index is 0.0243. The van der Waals surface area contributed by atoms with Gasteiger partial charge in [-0.05, 0) is 36.6 Å². The highest BCUT2D eigenvalue weighted by Gasteiger charge is 2.07. The van der Waals surface area contributed by atoms with Crippen molar-refractivity contribution in [2.45, 2.75) is 20.3 Å². The molecule has 0 saturated carbocycles. The number of aromatic amines is 1. The molecule has 2 rings (SSSR count). The molecule has 0 aliphatic carbocycles. The summed E-state index contributed by atoms with van der Waals surface area (Å²) < 4.78 is 0. The smallest absolute Gasteiger partial charge is 0.216 e. The Morgan fingerprint density at radius 2 is 2.28 bits per heavy atom. The standard InChI is InChI=1S/C14H15N3O/c1-9-5-11(7-15)6-13-12(8-17-14(9)13)3-4-16-10(2)18/h5-6,8,17H,3-4H2,1-2H3,(H,16,18). The van der Waals surface area contributed by atoms with Gasteiger partial charge >= 0.3 is 0 Å². The van der Waals surface area contributed by atoms with Crippen LogP contribution in [0.1, 0.15) is 23.6 Å². The lowest BCUT2D eigenvalue weighted by atomic mass is 10.0. The number of amides is 1. The summed E-state index contributed by atoms with van der Waals surface area (Å²) in [7, 11) is 0. The molecule has 1 heterocycles. The van der Waals surface area contributed by atoms with Crippen molar-refractivity contribution in [3.05, 3.63) is 35.0 Å². The molecule has 92 valence electrons. The predicted molar refractivity (Wildman–Crippen MR) is 70.1 cm³/mol. The van der Waals surface area contributed by atoms with E-state index in [1.165, 1.54) is 6.92 Å². The third-order valence-corrected chi connectivity index (χ3v) is 2.97. The number of nitrogens with one attached hydrogen (secondary N) is 2. The molecular weight excluding hydrogens is 226 g/mol. The summed E-state index contributed by atoms with van der Waals surface area (Å²) in [4.78, 5) is 14.1. The van der Waals surface area contributed by atoms with Gasteiger partial charge in [0.15, 0.2) is 0 Å². The maximum atomic E-state index is 10.8. The van der Waals surface area contributed by atoms with Gasteiger partial charge in [-0.15, -0.1) is 0 Å². The predicted octanol–water partition coefficient (Wildman–Crippen LogP) is 2.03. The number of benzene rings is 1. The van der Waals surface area contributed by atoms with E-state index < -0.39 is 0 Å². The summed E-state index contributed by atoms with van der Waals surface area (Å²) >= 11 is 0. The summed E-state index contributed by atoms with van der Waals surface area (Å²) in [6.07, 6.45) is 2.70. The lowest BCUT2D eigenvalue weighted by Crippen LogP contribution is -2.22. The number of aromatic nitrogens is 1. The SMILES string of the molecule is CC(=O)NCCc1c[nH]c2c(C)cc(C#N)cc12. The maximum absolute atomic E-state index is 10.8. The van der Waals surface area contributed by atoms with E-state index in [0.717, 1.165) is 28.5 Å². The van der Waals surface area contributed by atoms with Crippen molar-refractivity contribution >= 4 is 16.8 Å². The van der Waals surface area contributed by atoms with Crippen LogP contribution in [0.3, 0.4) is 0 Å². The fraction of sp³-hybridized carbons (Fsp3) is 0.286. The van der Waals surface area contributed by atoms with Gasteiger partial charge in [-0.3, -0.25) is 4.79 Å². The van der Waals surface area contributed by atoms with Gasteiger partial charge in [-0.2, -0.15) is 5.26 Å². The minimum Gasteiger partial charge on any atom is -0.361 e. The van der Waals surface area contributed by atoms with E-state index in [1.807, 2.05) is 25.3 Å². The molecule has 0 atom stereocenters. The Bertz CT molecular complexity index is 634. The van der Waals surface area contributed by atoms with Crippen molar-refractivity contribution in [1.29, 1.82) is 5.26 Å². The molecule has 0 aliphatic heterocycles. The van der Waals surface area contributed by atoms with Crippen molar-refractivity contribution in [3.63, 3.8) is 0 Å². The van der Waals surface area contributed by atoms with Crippen LogP contribution in [0.15, 0.2) is 18.3 Å². The quantitative estimate of drug-likeness (QED) is 0.863. The normalized spacial score (nSPS) is 10.3. The number of aryl methyl sites for hydroxylation is 1. The first-order chi connectivity index (χ1) is 8.61. The van der Waals surface area contributed by atoms with Gasteiger partial charge in [0.05, 0.1) is 11.6 Å². The molecule has 4 nitrogen and oxygen atoms in total. The van der Waals surface area contributed by atoms with Crippen LogP contribution >= 0.6 is 0 Å². The molecule has 0 spiro atoms. The fourth-order valence-electron chi connectivity index (χ4n) is 2.11. The first-order valence-electron chi connectivity index (χ1n) is 5.87. The first-order valence-corrected chi connectivity index (χ1v) is 5.87. The minimum atomic E-state index is -0.0243. The lowest BCUT2D eigenvalue weighted by molar-refractivity contribution is -0.118. The zero-order chi connectivity index (χ0) is 13.1. The molecule has 0 radical (unpaired) electrons. The first kappa shape index (κ1) is 12.2. The van der Waals surface area contributed by atoms with E-state index >= 15 is 0 Å². The topological polar surface area (TPSA) is 68.7 Å². The monoisotopic (exact) mass is 241 g/mol. The van der Waals surface area contributed by atoms with Crippen LogP contribution in [-0.2, 0) is 11.2 Å². The third-order valence-electron chi connectivity index (χ3n) is 2.97. The molecule has 0 aliphatic rings. The van der Waals surface area contributed by atoms with Crippen molar-refractivity contribution in [1.82, 2.24) is 10.3 Å². The molecule has 2 N–H and O–H groups in total. The summed E-state index contributed by atoms with van der Waals surface area (Å²) in [5.74, 6) is -0.0243. The number of rotatable bonds is 3. The van der Waals surface area contributed by atoms with Crippen LogP contribution in [0, 0.1) is 18.3 Å². The van der Waals surface area contributed by atoms with Gasteiger partial charge in [0.1, 0.15) is 0 Å². The van der Waals surface area contributed by atoms with E-state index in [1.54, 1.807) is 0 Å². The lowest BCUT2D eigenvalue weighted by Gasteiger charge is -2.02. The number of fused-ring (bicyclic) bond motifs is 1. The number of nitrogens with zero attached hydrogens (tertiary/aromatic N) is 1. The van der Waals surface area contributed by atoms with Crippen LogP contribution in [0.5, 0.6) is 0 Å². The number of nitriles is 1. The molecular formula is C14H15N3O. The Morgan fingerprint density at radius 1 is 1.50 bits per heavy atom. The molecule has 2 aromatic rings. The number of hydrogen-bond donors (Lipinski definition) is 2. The van der Waals surface area contributed by atoms with E-state index in [9.17, 15) is 4.79 Å². The van der Waals surface area contributed by atoms with Crippen LogP contribution in [0.25, 0.3) is 10.9 Å². The van der Waals surface area contributed by atoms with E-state index in [2.05, 4.69) is 16.4 Å². The van der Waals surface area contributed by atoms with Crippen LogP contribution in [0.2, 0.25) is 0 Å². The number of hydrogen-bond acceptors (Lipinski definition) is 2. The average molecular weight is 241 g/mol. The summed E-state index contributed by atoms with van der Waals surface area (Å²) in [6.45, 7) is 4.10. The summed E-state index contributed by atoms with van der Waals surface area (Å²) in [6, 6.07) is 5.93. The zero-order valence-electron chi connectivity index (χ0n) is 10.5. The molecule has 1 aromatic carbocycles. The average Bonchev–Trinajstić information content (AvgIpc) is 2.72. The Morgan fingerprint density at radius 3 is 2.94 bits per heavy atom. The molecule has 4 heteroatoms. The van der Waals surface area contributed by atoms with Crippen molar-refractivity contribution in [2.75, 3.05) is 6.54 Å². The van der Waals surface area contributed by atoms with Gasteiger partial charge in [0.2, 0.25) is 5.91 Å². The van der Waals surface area contributed by atoms with Gasteiger partial charge in [0.25, 0.3) is 0 Å². The Hall–Kier alpha value is -2.28. The fourth-order valence-corrected chi connectivity index (χ4v) is 2.11. The Balaban J connectivity index is 2.32. The second-order valence-electron chi connectivity index (χ2n) is 4.37. The van der Waals surface area contributed by atoms with Crippen molar-refractivity contribution in [3.8, 4) is 6.07 Å². The molecule has 0 bridgehead atoms. The molecule has 0 fully saturated rings. The second-order valence-corrected chi connectivity index (χ2v) is 4.37. The highest BCUT2D eigenvalue weighted by atomic mass is 16.1. The summed E-state index contributed by atoms with van der Waals surface area (Å²) in [5, 5.41) is 12.8. The largest absolute Gasteiger partial charge is 0.361 e. The number of carbonyl (C=O) groups is 1. The highest BCUT2D eigenvalue weighted by molar-refractivity contribution is 5.87. The second kappa shape index (κ2) is 4.92. The van der Waals surface area contributed by atoms with Gasteiger partial charge < -0.3 is 10.3 Å². The Kier molecular flexibility index (Phi) is 3.33. The van der Waals surface area contributed by atoms with Gasteiger partial charge in [0, 0.05) is 30.6 Å². The highest BCUT2D eigenvalue weighted by Crippen LogP contribution is 2.23. The Labute approximate surface area is 106 Å². The number of carbonyl (C=O) groups excluding carboxylic acids is 1. The maximum Gasteiger partial charge on any atom is 0.216 e. The van der Waals surface area contributed by atoms with Crippen LogP contribution in [0.4, 0.5) is 0 Å². The van der Waals surface area contributed by atoms with Crippen LogP contribution in [-0.4, -0.2) is 17.4 Å². The van der Waals surface area contributed by atoms with Gasteiger partial charge in [-0.25, -0.2) is 0 Å². The molecule has 1 amide bonds. The molecule has 1 aromatic heterocycles. The molecule has 0 saturated heterocycles.